The van der Waals surface area contributed by atoms with Crippen molar-refractivity contribution >= 4 is 17.6 Å². The van der Waals surface area contributed by atoms with Crippen molar-refractivity contribution < 1.29 is 4.74 Å². The van der Waals surface area contributed by atoms with E-state index >= 15 is 0 Å². The Morgan fingerprint density at radius 2 is 2.00 bits per heavy atom. The van der Waals surface area contributed by atoms with Crippen molar-refractivity contribution in [2.24, 2.45) is 0 Å². The molecule has 1 fully saturated rings. The van der Waals surface area contributed by atoms with E-state index in [0.717, 1.165) is 52.6 Å². The van der Waals surface area contributed by atoms with Gasteiger partial charge in [0, 0.05) is 48.7 Å². The fourth-order valence-electron chi connectivity index (χ4n) is 3.48. The average Bonchev–Trinajstić information content (AvgIpc) is 2.72. The highest BCUT2D eigenvalue weighted by Crippen LogP contribution is 2.34. The zero-order chi connectivity index (χ0) is 20.4. The molecule has 0 atom stereocenters. The fourth-order valence-corrected chi connectivity index (χ4v) is 3.48. The maximum atomic E-state index is 5.35. The number of nitrogens with zero attached hydrogens (tertiary/aromatic N) is 5. The standard InChI is InChI=1S/C23H23N5O/c1-5-20-19(15(2)3)12-26-23(27-20)28-13-17(14-28)22-21(24-9-10-25-22)16-7-6-8-18(11-16)29-4/h5-12,17H,1-2,13-14H2,3-4H3. The van der Waals surface area contributed by atoms with E-state index in [0.29, 0.717) is 5.95 Å². The topological polar surface area (TPSA) is 64.0 Å². The average molecular weight is 385 g/mol. The molecule has 0 bridgehead atoms. The zero-order valence-electron chi connectivity index (χ0n) is 16.7. The van der Waals surface area contributed by atoms with Gasteiger partial charge >= 0.3 is 0 Å². The molecular weight excluding hydrogens is 362 g/mol. The molecule has 29 heavy (non-hydrogen) atoms. The molecule has 4 rings (SSSR count). The van der Waals surface area contributed by atoms with Crippen LogP contribution < -0.4 is 9.64 Å². The van der Waals surface area contributed by atoms with Gasteiger partial charge in [-0.05, 0) is 30.7 Å². The summed E-state index contributed by atoms with van der Waals surface area (Å²) in [6.45, 7) is 11.4. The van der Waals surface area contributed by atoms with Crippen LogP contribution >= 0.6 is 0 Å². The van der Waals surface area contributed by atoms with Crippen LogP contribution in [0.25, 0.3) is 22.9 Å². The highest BCUT2D eigenvalue weighted by atomic mass is 16.5. The van der Waals surface area contributed by atoms with Crippen LogP contribution in [0.15, 0.2) is 56.0 Å². The summed E-state index contributed by atoms with van der Waals surface area (Å²) in [6.07, 6.45) is 7.04. The zero-order valence-corrected chi connectivity index (χ0v) is 16.7. The fraction of sp³-hybridized carbons (Fsp3) is 0.217. The van der Waals surface area contributed by atoms with Gasteiger partial charge in [0.15, 0.2) is 0 Å². The normalized spacial score (nSPS) is 13.7. The Hall–Kier alpha value is -3.54. The molecule has 3 heterocycles. The Balaban J connectivity index is 1.57. The van der Waals surface area contributed by atoms with Gasteiger partial charge in [0.25, 0.3) is 0 Å². The second-order valence-electron chi connectivity index (χ2n) is 7.08. The third-order valence-corrected chi connectivity index (χ3v) is 5.08. The van der Waals surface area contributed by atoms with Crippen LogP contribution in [0.3, 0.4) is 0 Å². The van der Waals surface area contributed by atoms with Crippen LogP contribution in [-0.4, -0.2) is 40.1 Å². The molecule has 1 aliphatic heterocycles. The SMILES string of the molecule is C=Cc1nc(N2CC(c3nccnc3-c3cccc(OC)c3)C2)ncc1C(=C)C. The van der Waals surface area contributed by atoms with Gasteiger partial charge < -0.3 is 9.64 Å². The van der Waals surface area contributed by atoms with Crippen molar-refractivity contribution in [3.63, 3.8) is 0 Å². The van der Waals surface area contributed by atoms with E-state index in [9.17, 15) is 0 Å². The number of methoxy groups -OCH3 is 1. The summed E-state index contributed by atoms with van der Waals surface area (Å²) in [5.41, 5.74) is 5.54. The molecule has 3 aromatic rings. The summed E-state index contributed by atoms with van der Waals surface area (Å²) in [6, 6.07) is 7.91. The lowest BCUT2D eigenvalue weighted by Gasteiger charge is -2.39. The Morgan fingerprint density at radius 3 is 2.72 bits per heavy atom. The second-order valence-corrected chi connectivity index (χ2v) is 7.08. The molecule has 0 aliphatic carbocycles. The van der Waals surface area contributed by atoms with Gasteiger partial charge in [0.1, 0.15) is 5.75 Å². The molecule has 1 aliphatic rings. The summed E-state index contributed by atoms with van der Waals surface area (Å²) < 4.78 is 5.35. The van der Waals surface area contributed by atoms with Crippen LogP contribution in [0.1, 0.15) is 29.8 Å². The van der Waals surface area contributed by atoms with Gasteiger partial charge in [0.2, 0.25) is 5.95 Å². The van der Waals surface area contributed by atoms with Crippen LogP contribution in [0, 0.1) is 0 Å². The van der Waals surface area contributed by atoms with Gasteiger partial charge in [-0.1, -0.05) is 25.3 Å². The first-order valence-corrected chi connectivity index (χ1v) is 9.46. The lowest BCUT2D eigenvalue weighted by atomic mass is 9.92. The Bertz CT molecular complexity index is 1070. The second kappa shape index (κ2) is 7.83. The summed E-state index contributed by atoms with van der Waals surface area (Å²) in [5.74, 6) is 1.77. The molecular formula is C23H23N5O. The third kappa shape index (κ3) is 3.61. The number of ether oxygens (including phenoxy) is 1. The molecule has 0 unspecified atom stereocenters. The maximum Gasteiger partial charge on any atom is 0.225 e. The molecule has 0 spiro atoms. The largest absolute Gasteiger partial charge is 0.497 e. The van der Waals surface area contributed by atoms with E-state index in [1.54, 1.807) is 25.6 Å². The Kier molecular flexibility index (Phi) is 5.08. The molecule has 1 aromatic carbocycles. The van der Waals surface area contributed by atoms with Crippen molar-refractivity contribution in [1.29, 1.82) is 0 Å². The molecule has 0 N–H and O–H groups in total. The third-order valence-electron chi connectivity index (χ3n) is 5.08. The van der Waals surface area contributed by atoms with E-state index in [2.05, 4.69) is 38.0 Å². The lowest BCUT2D eigenvalue weighted by Crippen LogP contribution is -2.46. The monoisotopic (exact) mass is 385 g/mol. The van der Waals surface area contributed by atoms with Crippen molar-refractivity contribution in [1.82, 2.24) is 19.9 Å². The molecule has 2 aromatic heterocycles. The van der Waals surface area contributed by atoms with Gasteiger partial charge in [-0.2, -0.15) is 0 Å². The molecule has 6 heteroatoms. The highest BCUT2D eigenvalue weighted by Gasteiger charge is 2.33. The van der Waals surface area contributed by atoms with Crippen molar-refractivity contribution in [2.45, 2.75) is 12.8 Å². The van der Waals surface area contributed by atoms with E-state index in [1.807, 2.05) is 37.4 Å². The number of anilines is 1. The minimum absolute atomic E-state index is 0.265. The van der Waals surface area contributed by atoms with Crippen molar-refractivity contribution in [2.75, 3.05) is 25.1 Å². The molecule has 0 radical (unpaired) electrons. The lowest BCUT2D eigenvalue weighted by molar-refractivity contribution is 0.415. The molecule has 0 saturated carbocycles. The number of hydrogen-bond donors (Lipinski definition) is 0. The first-order valence-electron chi connectivity index (χ1n) is 9.46. The van der Waals surface area contributed by atoms with Crippen LogP contribution in [-0.2, 0) is 0 Å². The maximum absolute atomic E-state index is 5.35. The van der Waals surface area contributed by atoms with Crippen molar-refractivity contribution in [3.8, 4) is 17.0 Å². The summed E-state index contributed by atoms with van der Waals surface area (Å²) in [4.78, 5) is 20.5. The number of hydrogen-bond acceptors (Lipinski definition) is 6. The van der Waals surface area contributed by atoms with Crippen LogP contribution in [0.5, 0.6) is 5.75 Å². The molecule has 6 nitrogen and oxygen atoms in total. The number of aromatic nitrogens is 4. The quantitative estimate of drug-likeness (QED) is 0.633. The van der Waals surface area contributed by atoms with Crippen molar-refractivity contribution in [3.05, 3.63) is 73.0 Å². The number of rotatable bonds is 6. The summed E-state index contributed by atoms with van der Waals surface area (Å²) >= 11 is 0. The van der Waals surface area contributed by atoms with Gasteiger partial charge in [0.05, 0.1) is 24.2 Å². The Labute approximate surface area is 170 Å². The minimum atomic E-state index is 0.265. The predicted octanol–water partition coefficient (Wildman–Crippen LogP) is 4.22. The highest BCUT2D eigenvalue weighted by molar-refractivity contribution is 5.70. The van der Waals surface area contributed by atoms with E-state index < -0.39 is 0 Å². The Morgan fingerprint density at radius 1 is 1.21 bits per heavy atom. The molecule has 146 valence electrons. The summed E-state index contributed by atoms with van der Waals surface area (Å²) in [5, 5.41) is 0. The number of benzene rings is 1. The van der Waals surface area contributed by atoms with Gasteiger partial charge in [-0.15, -0.1) is 0 Å². The minimum Gasteiger partial charge on any atom is -0.497 e. The first kappa shape index (κ1) is 18.8. The molecule has 0 amide bonds. The van der Waals surface area contributed by atoms with Gasteiger partial charge in [-0.25, -0.2) is 9.97 Å². The summed E-state index contributed by atoms with van der Waals surface area (Å²) in [7, 11) is 1.66. The van der Waals surface area contributed by atoms with E-state index in [4.69, 9.17) is 4.74 Å². The molecule has 1 saturated heterocycles. The predicted molar refractivity (Wildman–Crippen MR) is 116 cm³/mol. The van der Waals surface area contributed by atoms with E-state index in [1.165, 1.54) is 0 Å². The van der Waals surface area contributed by atoms with Gasteiger partial charge in [-0.3, -0.25) is 9.97 Å². The smallest absolute Gasteiger partial charge is 0.225 e. The van der Waals surface area contributed by atoms with E-state index in [-0.39, 0.29) is 5.92 Å². The van der Waals surface area contributed by atoms with Crippen LogP contribution in [0.4, 0.5) is 5.95 Å². The first-order chi connectivity index (χ1) is 14.1. The van der Waals surface area contributed by atoms with Crippen LogP contribution in [0.2, 0.25) is 0 Å². The number of allylic oxidation sites excluding steroid dienone is 1.